The van der Waals surface area contributed by atoms with Crippen molar-refractivity contribution in [3.05, 3.63) is 28.2 Å². The van der Waals surface area contributed by atoms with E-state index in [9.17, 15) is 5.26 Å². The molecule has 0 spiro atoms. The summed E-state index contributed by atoms with van der Waals surface area (Å²) in [4.78, 5) is 1.12. The summed E-state index contributed by atoms with van der Waals surface area (Å²) >= 11 is 13.8. The smallest absolute Gasteiger partial charge is 0.107 e. The number of nitriles is 1. The average molecular weight is 329 g/mol. The third kappa shape index (κ3) is 3.83. The van der Waals surface area contributed by atoms with Gasteiger partial charge >= 0.3 is 0 Å². The molecule has 1 N–H and O–H groups in total. The van der Waals surface area contributed by atoms with Gasteiger partial charge in [-0.3, -0.25) is 5.32 Å². The first-order chi connectivity index (χ1) is 9.58. The Kier molecular flexibility index (Phi) is 5.63. The summed E-state index contributed by atoms with van der Waals surface area (Å²) in [5.41, 5.74) is -0.360. The molecule has 1 aliphatic carbocycles. The summed E-state index contributed by atoms with van der Waals surface area (Å²) in [5.74, 6) is 0. The SMILES string of the molecule is CCNC1(C#N)CCCC(Sc2ccc(Cl)c(Cl)c2)C1. The maximum atomic E-state index is 9.48. The second-order valence-corrected chi connectivity index (χ2v) is 7.32. The molecule has 0 bridgehead atoms. The molecule has 1 saturated carbocycles. The molecule has 0 aromatic heterocycles. The molecule has 2 atom stereocenters. The van der Waals surface area contributed by atoms with Crippen LogP contribution in [0.5, 0.6) is 0 Å². The van der Waals surface area contributed by atoms with Crippen molar-refractivity contribution >= 4 is 35.0 Å². The Morgan fingerprint density at radius 2 is 2.25 bits per heavy atom. The molecule has 0 radical (unpaired) electrons. The third-order valence-electron chi connectivity index (χ3n) is 3.63. The lowest BCUT2D eigenvalue weighted by Gasteiger charge is -2.36. The summed E-state index contributed by atoms with van der Waals surface area (Å²) in [7, 11) is 0. The van der Waals surface area contributed by atoms with Gasteiger partial charge in [-0.15, -0.1) is 11.8 Å². The summed E-state index contributed by atoms with van der Waals surface area (Å²) in [5, 5.41) is 14.5. The highest BCUT2D eigenvalue weighted by molar-refractivity contribution is 8.00. The van der Waals surface area contributed by atoms with Gasteiger partial charge in [0, 0.05) is 10.1 Å². The Hall–Kier alpha value is -0.400. The standard InChI is InChI=1S/C15H18Cl2N2S/c1-2-19-15(10-18)7-3-4-12(9-15)20-11-5-6-13(16)14(17)8-11/h5-6,8,12,19H,2-4,7,9H2,1H3. The van der Waals surface area contributed by atoms with Gasteiger partial charge < -0.3 is 0 Å². The number of nitrogens with one attached hydrogen (secondary N) is 1. The van der Waals surface area contributed by atoms with Crippen LogP contribution >= 0.6 is 35.0 Å². The van der Waals surface area contributed by atoms with E-state index in [-0.39, 0.29) is 5.54 Å². The maximum Gasteiger partial charge on any atom is 0.107 e. The van der Waals surface area contributed by atoms with E-state index in [1.165, 1.54) is 0 Å². The lowest BCUT2D eigenvalue weighted by molar-refractivity contribution is 0.309. The molecule has 0 amide bonds. The monoisotopic (exact) mass is 328 g/mol. The van der Waals surface area contributed by atoms with Gasteiger partial charge in [0.2, 0.25) is 0 Å². The minimum absolute atomic E-state index is 0.360. The number of nitrogens with zero attached hydrogens (tertiary/aromatic N) is 1. The zero-order chi connectivity index (χ0) is 14.6. The van der Waals surface area contributed by atoms with E-state index in [4.69, 9.17) is 23.2 Å². The Labute approximate surface area is 134 Å². The predicted molar refractivity (Wildman–Crippen MR) is 86.6 cm³/mol. The van der Waals surface area contributed by atoms with Crippen LogP contribution in [-0.2, 0) is 0 Å². The van der Waals surface area contributed by atoms with Gasteiger partial charge in [0.25, 0.3) is 0 Å². The van der Waals surface area contributed by atoms with Crippen molar-refractivity contribution in [2.45, 2.75) is 48.3 Å². The Morgan fingerprint density at radius 3 is 2.90 bits per heavy atom. The van der Waals surface area contributed by atoms with E-state index in [0.717, 1.165) is 37.1 Å². The van der Waals surface area contributed by atoms with Crippen molar-refractivity contribution in [1.29, 1.82) is 5.26 Å². The summed E-state index contributed by atoms with van der Waals surface area (Å²) in [6.07, 6.45) is 4.04. The van der Waals surface area contributed by atoms with Crippen molar-refractivity contribution in [2.75, 3.05) is 6.54 Å². The van der Waals surface area contributed by atoms with Crippen molar-refractivity contribution in [3.63, 3.8) is 0 Å². The minimum atomic E-state index is -0.360. The summed E-state index contributed by atoms with van der Waals surface area (Å²) in [6, 6.07) is 8.22. The second kappa shape index (κ2) is 7.04. The van der Waals surface area contributed by atoms with Crippen LogP contribution < -0.4 is 5.32 Å². The molecule has 0 heterocycles. The van der Waals surface area contributed by atoms with Crippen LogP contribution in [0.4, 0.5) is 0 Å². The van der Waals surface area contributed by atoms with Crippen LogP contribution in [0.3, 0.4) is 0 Å². The fourth-order valence-corrected chi connectivity index (χ4v) is 4.44. The van der Waals surface area contributed by atoms with Crippen molar-refractivity contribution in [1.82, 2.24) is 5.32 Å². The molecule has 0 saturated heterocycles. The Balaban J connectivity index is 2.06. The minimum Gasteiger partial charge on any atom is -0.300 e. The van der Waals surface area contributed by atoms with E-state index in [0.29, 0.717) is 15.3 Å². The van der Waals surface area contributed by atoms with Crippen molar-refractivity contribution in [2.24, 2.45) is 0 Å². The average Bonchev–Trinajstić information content (AvgIpc) is 2.44. The van der Waals surface area contributed by atoms with E-state index in [1.807, 2.05) is 18.2 Å². The first-order valence-electron chi connectivity index (χ1n) is 6.86. The topological polar surface area (TPSA) is 35.8 Å². The highest BCUT2D eigenvalue weighted by atomic mass is 35.5. The third-order valence-corrected chi connectivity index (χ3v) is 5.63. The van der Waals surface area contributed by atoms with Crippen LogP contribution in [0, 0.1) is 11.3 Å². The molecule has 5 heteroatoms. The number of thioether (sulfide) groups is 1. The van der Waals surface area contributed by atoms with Crippen molar-refractivity contribution < 1.29 is 0 Å². The molecule has 2 unspecified atom stereocenters. The summed E-state index contributed by atoms with van der Waals surface area (Å²) in [6.45, 7) is 2.88. The van der Waals surface area contributed by atoms with E-state index >= 15 is 0 Å². The van der Waals surface area contributed by atoms with Gasteiger partial charge in [-0.05, 0) is 50.4 Å². The number of halogens is 2. The summed E-state index contributed by atoms with van der Waals surface area (Å²) < 4.78 is 0. The normalized spacial score (nSPS) is 26.2. The van der Waals surface area contributed by atoms with Crippen LogP contribution in [0.1, 0.15) is 32.6 Å². The van der Waals surface area contributed by atoms with Gasteiger partial charge in [-0.1, -0.05) is 30.1 Å². The largest absolute Gasteiger partial charge is 0.300 e. The first kappa shape index (κ1) is 16.0. The van der Waals surface area contributed by atoms with E-state index in [1.54, 1.807) is 11.8 Å². The molecular weight excluding hydrogens is 311 g/mol. The number of hydrogen-bond donors (Lipinski definition) is 1. The molecular formula is C15H18Cl2N2S. The number of hydrogen-bond acceptors (Lipinski definition) is 3. The first-order valence-corrected chi connectivity index (χ1v) is 8.50. The van der Waals surface area contributed by atoms with Gasteiger partial charge in [0.15, 0.2) is 0 Å². The highest BCUT2D eigenvalue weighted by Gasteiger charge is 2.36. The molecule has 2 rings (SSSR count). The fraction of sp³-hybridized carbons (Fsp3) is 0.533. The molecule has 2 nitrogen and oxygen atoms in total. The van der Waals surface area contributed by atoms with Gasteiger partial charge in [0.05, 0.1) is 16.1 Å². The predicted octanol–water partition coefficient (Wildman–Crippen LogP) is 4.90. The molecule has 1 fully saturated rings. The van der Waals surface area contributed by atoms with Crippen LogP contribution in [0.15, 0.2) is 23.1 Å². The molecule has 108 valence electrons. The lowest BCUT2D eigenvalue weighted by atomic mass is 9.82. The quantitative estimate of drug-likeness (QED) is 0.853. The van der Waals surface area contributed by atoms with Crippen LogP contribution in [0.25, 0.3) is 0 Å². The fourth-order valence-electron chi connectivity index (χ4n) is 2.71. The molecule has 1 aliphatic rings. The van der Waals surface area contributed by atoms with E-state index in [2.05, 4.69) is 18.3 Å². The van der Waals surface area contributed by atoms with Gasteiger partial charge in [0.1, 0.15) is 5.54 Å². The highest BCUT2D eigenvalue weighted by Crippen LogP contribution is 2.39. The zero-order valence-corrected chi connectivity index (χ0v) is 13.8. The van der Waals surface area contributed by atoms with Crippen LogP contribution in [-0.4, -0.2) is 17.3 Å². The number of rotatable bonds is 4. The second-order valence-electron chi connectivity index (χ2n) is 5.14. The van der Waals surface area contributed by atoms with Crippen LogP contribution in [0.2, 0.25) is 10.0 Å². The number of benzene rings is 1. The Bertz CT molecular complexity index is 511. The van der Waals surface area contributed by atoms with Crippen molar-refractivity contribution in [3.8, 4) is 6.07 Å². The van der Waals surface area contributed by atoms with Gasteiger partial charge in [-0.2, -0.15) is 5.26 Å². The molecule has 1 aromatic rings. The lowest BCUT2D eigenvalue weighted by Crippen LogP contribution is -2.48. The van der Waals surface area contributed by atoms with Gasteiger partial charge in [-0.25, -0.2) is 0 Å². The zero-order valence-electron chi connectivity index (χ0n) is 11.5. The Morgan fingerprint density at radius 1 is 1.45 bits per heavy atom. The van der Waals surface area contributed by atoms with E-state index < -0.39 is 0 Å². The molecule has 20 heavy (non-hydrogen) atoms. The molecule has 1 aromatic carbocycles. The maximum absolute atomic E-state index is 9.48. The molecule has 0 aliphatic heterocycles.